The normalized spacial score (nSPS) is 23.4. The second-order valence-electron chi connectivity index (χ2n) is 9.33. The molecule has 14 heteroatoms. The molecule has 0 spiro atoms. The van der Waals surface area contributed by atoms with E-state index in [1.807, 2.05) is 12.1 Å². The van der Waals surface area contributed by atoms with Gasteiger partial charge in [0.2, 0.25) is 0 Å². The smallest absolute Gasteiger partial charge is 0.328 e. The number of hydrogen-bond donors (Lipinski definition) is 5. The molecular formula is C25H29N7O6S. The standard InChI is InChI=1S/C25H29N7O6S/c1-15-20(33)21(34)25(38-15)31-14-32(19-22(27-13-28-23(19)31)29-17-10-6-3-7-11-17)39(36,37)30-24(35)18(26)12-16-8-4-2-5-9-16/h2-11,13,15,18,20-21,25,33-34H,12,14,26H2,1H3,(H,30,35)(H,27,28,29)/t15-,18+,20?,21?,25-/m1/s1. The molecule has 5 rings (SSSR count). The minimum Gasteiger partial charge on any atom is -0.388 e. The first kappa shape index (κ1) is 26.8. The van der Waals surface area contributed by atoms with E-state index in [1.165, 1.54) is 11.2 Å². The van der Waals surface area contributed by atoms with Gasteiger partial charge in [-0.3, -0.25) is 4.79 Å². The average molecular weight is 556 g/mol. The number of para-hydroxylation sites is 1. The number of fused-ring (bicyclic) bond motifs is 1. The first-order valence-corrected chi connectivity index (χ1v) is 13.7. The molecule has 5 atom stereocenters. The van der Waals surface area contributed by atoms with E-state index < -0.39 is 46.7 Å². The molecular weight excluding hydrogens is 526 g/mol. The number of nitrogens with two attached hydrogens (primary N) is 1. The highest BCUT2D eigenvalue weighted by Gasteiger charge is 2.49. The molecule has 2 aliphatic heterocycles. The van der Waals surface area contributed by atoms with Crippen LogP contribution in [-0.4, -0.2) is 71.8 Å². The lowest BCUT2D eigenvalue weighted by atomic mass is 10.1. The van der Waals surface area contributed by atoms with E-state index in [9.17, 15) is 23.4 Å². The van der Waals surface area contributed by atoms with Crippen molar-refractivity contribution < 1.29 is 28.2 Å². The van der Waals surface area contributed by atoms with Crippen LogP contribution in [0.25, 0.3) is 0 Å². The highest BCUT2D eigenvalue weighted by atomic mass is 32.2. The van der Waals surface area contributed by atoms with Crippen LogP contribution in [0, 0.1) is 0 Å². The van der Waals surface area contributed by atoms with Gasteiger partial charge in [-0.15, -0.1) is 0 Å². The summed E-state index contributed by atoms with van der Waals surface area (Å²) in [5.74, 6) is -0.629. The van der Waals surface area contributed by atoms with Crippen molar-refractivity contribution in [1.29, 1.82) is 0 Å². The molecule has 13 nitrogen and oxygen atoms in total. The van der Waals surface area contributed by atoms with Crippen LogP contribution in [0.15, 0.2) is 67.0 Å². The van der Waals surface area contributed by atoms with Gasteiger partial charge < -0.3 is 30.9 Å². The Balaban J connectivity index is 1.47. The number of nitrogens with zero attached hydrogens (tertiary/aromatic N) is 4. The van der Waals surface area contributed by atoms with Crippen LogP contribution in [0.5, 0.6) is 0 Å². The van der Waals surface area contributed by atoms with Crippen LogP contribution in [0.1, 0.15) is 12.5 Å². The molecule has 3 heterocycles. The van der Waals surface area contributed by atoms with Crippen LogP contribution in [0.3, 0.4) is 0 Å². The average Bonchev–Trinajstić information content (AvgIpc) is 3.44. The van der Waals surface area contributed by atoms with Crippen molar-refractivity contribution >= 4 is 39.1 Å². The predicted octanol–water partition coefficient (Wildman–Crippen LogP) is 0.202. The summed E-state index contributed by atoms with van der Waals surface area (Å²) in [5.41, 5.74) is 7.47. The van der Waals surface area contributed by atoms with Gasteiger partial charge in [0.1, 0.15) is 30.9 Å². The summed E-state index contributed by atoms with van der Waals surface area (Å²) in [6.07, 6.45) is -2.98. The van der Waals surface area contributed by atoms with Crippen LogP contribution in [0.4, 0.5) is 23.0 Å². The van der Waals surface area contributed by atoms with Gasteiger partial charge in [0, 0.05) is 5.69 Å². The topological polar surface area (TPSA) is 183 Å². The summed E-state index contributed by atoms with van der Waals surface area (Å²) in [6.45, 7) is 1.21. The molecule has 2 unspecified atom stereocenters. The molecule has 2 aliphatic rings. The van der Waals surface area contributed by atoms with Gasteiger partial charge in [-0.1, -0.05) is 48.5 Å². The van der Waals surface area contributed by atoms with Gasteiger partial charge in [-0.2, -0.15) is 8.42 Å². The van der Waals surface area contributed by atoms with E-state index in [0.29, 0.717) is 5.69 Å². The van der Waals surface area contributed by atoms with Gasteiger partial charge in [0.15, 0.2) is 17.9 Å². The Hall–Kier alpha value is -3.82. The van der Waals surface area contributed by atoms with Crippen LogP contribution >= 0.6 is 0 Å². The van der Waals surface area contributed by atoms with Gasteiger partial charge >= 0.3 is 10.2 Å². The van der Waals surface area contributed by atoms with Gasteiger partial charge in [0.05, 0.1) is 12.1 Å². The molecule has 0 bridgehead atoms. The Kier molecular flexibility index (Phi) is 7.38. The third kappa shape index (κ3) is 5.37. The second kappa shape index (κ2) is 10.7. The van der Waals surface area contributed by atoms with E-state index in [1.54, 1.807) is 55.5 Å². The molecule has 1 saturated heterocycles. The molecule has 0 saturated carbocycles. The van der Waals surface area contributed by atoms with Gasteiger partial charge in [-0.05, 0) is 31.0 Å². The fourth-order valence-electron chi connectivity index (χ4n) is 4.54. The molecule has 39 heavy (non-hydrogen) atoms. The summed E-state index contributed by atoms with van der Waals surface area (Å²) < 4.78 is 35.9. The lowest BCUT2D eigenvalue weighted by Crippen LogP contribution is -2.52. The summed E-state index contributed by atoms with van der Waals surface area (Å²) >= 11 is 0. The van der Waals surface area contributed by atoms with Crippen molar-refractivity contribution in [1.82, 2.24) is 14.7 Å². The summed E-state index contributed by atoms with van der Waals surface area (Å²) in [6, 6.07) is 16.8. The molecule has 1 amide bonds. The first-order valence-electron chi connectivity index (χ1n) is 12.2. The Morgan fingerprint density at radius 3 is 2.41 bits per heavy atom. The highest BCUT2D eigenvalue weighted by molar-refractivity contribution is 7.91. The Morgan fingerprint density at radius 1 is 1.10 bits per heavy atom. The number of hydrogen-bond acceptors (Lipinski definition) is 11. The van der Waals surface area contributed by atoms with Crippen LogP contribution < -0.4 is 25.0 Å². The number of rotatable bonds is 8. The SMILES string of the molecule is C[C@H]1O[C@@H](N2CN(S(=O)(=O)NC(=O)[C@@H](N)Cc3ccccc3)c3c(Nc4ccccc4)ncnc32)C(O)C1O. The zero-order valence-electron chi connectivity index (χ0n) is 21.0. The maximum atomic E-state index is 13.6. The lowest BCUT2D eigenvalue weighted by Gasteiger charge is -2.28. The molecule has 0 radical (unpaired) electrons. The molecule has 3 aromatic rings. The molecule has 1 aromatic heterocycles. The Morgan fingerprint density at radius 2 is 1.77 bits per heavy atom. The molecule has 0 aliphatic carbocycles. The monoisotopic (exact) mass is 555 g/mol. The first-order chi connectivity index (χ1) is 18.7. The Bertz CT molecular complexity index is 1430. The summed E-state index contributed by atoms with van der Waals surface area (Å²) in [5, 5.41) is 24.0. The number of carbonyl (C=O) groups excluding carboxylic acids is 1. The largest absolute Gasteiger partial charge is 0.388 e. The van der Waals surface area contributed by atoms with Crippen molar-refractivity contribution in [2.75, 3.05) is 21.2 Å². The van der Waals surface area contributed by atoms with E-state index in [-0.39, 0.29) is 30.4 Å². The van der Waals surface area contributed by atoms with E-state index >= 15 is 0 Å². The zero-order chi connectivity index (χ0) is 27.7. The van der Waals surface area contributed by atoms with E-state index in [2.05, 4.69) is 20.0 Å². The third-order valence-electron chi connectivity index (χ3n) is 6.58. The number of carbonyl (C=O) groups is 1. The van der Waals surface area contributed by atoms with Crippen molar-refractivity contribution in [2.24, 2.45) is 5.73 Å². The number of aromatic nitrogens is 2. The molecule has 206 valence electrons. The quantitative estimate of drug-likeness (QED) is 0.256. The minimum absolute atomic E-state index is 0.0307. The number of amides is 1. The van der Waals surface area contributed by atoms with Gasteiger partial charge in [-0.25, -0.2) is 19.0 Å². The number of nitrogens with one attached hydrogen (secondary N) is 2. The fourth-order valence-corrected chi connectivity index (χ4v) is 5.74. The van der Waals surface area contributed by atoms with Gasteiger partial charge in [0.25, 0.3) is 5.91 Å². The van der Waals surface area contributed by atoms with Crippen molar-refractivity contribution in [3.05, 3.63) is 72.6 Å². The van der Waals surface area contributed by atoms with E-state index in [0.717, 1.165) is 9.87 Å². The van der Waals surface area contributed by atoms with Crippen molar-refractivity contribution in [3.8, 4) is 0 Å². The number of aliphatic hydroxyl groups is 2. The maximum absolute atomic E-state index is 13.6. The molecule has 1 fully saturated rings. The lowest BCUT2D eigenvalue weighted by molar-refractivity contribution is -0.120. The summed E-state index contributed by atoms with van der Waals surface area (Å²) in [7, 11) is -4.54. The molecule has 6 N–H and O–H groups in total. The number of benzene rings is 2. The number of ether oxygens (including phenoxy) is 1. The third-order valence-corrected chi connectivity index (χ3v) is 7.92. The number of anilines is 4. The maximum Gasteiger partial charge on any atom is 0.328 e. The van der Waals surface area contributed by atoms with Crippen molar-refractivity contribution in [3.63, 3.8) is 0 Å². The van der Waals surface area contributed by atoms with Crippen LogP contribution in [0.2, 0.25) is 0 Å². The van der Waals surface area contributed by atoms with Crippen LogP contribution in [-0.2, 0) is 26.2 Å². The fraction of sp³-hybridized carbons (Fsp3) is 0.320. The highest BCUT2D eigenvalue weighted by Crippen LogP contribution is 2.44. The Labute approximate surface area is 225 Å². The van der Waals surface area contributed by atoms with E-state index in [4.69, 9.17) is 10.5 Å². The minimum atomic E-state index is -4.54. The zero-order valence-corrected chi connectivity index (χ0v) is 21.8. The second-order valence-corrected chi connectivity index (χ2v) is 10.9. The van der Waals surface area contributed by atoms with Crippen molar-refractivity contribution in [2.45, 2.75) is 43.9 Å². The molecule has 2 aromatic carbocycles. The predicted molar refractivity (Wildman–Crippen MR) is 143 cm³/mol. The summed E-state index contributed by atoms with van der Waals surface area (Å²) in [4.78, 5) is 22.8. The number of aliphatic hydroxyl groups excluding tert-OH is 2.